The molecule has 0 saturated carbocycles. The van der Waals surface area contributed by atoms with Gasteiger partial charge in [-0.2, -0.15) is 0 Å². The van der Waals surface area contributed by atoms with E-state index in [1.807, 2.05) is 0 Å². The molecule has 4 N–H and O–H groups in total. The van der Waals surface area contributed by atoms with E-state index in [0.717, 1.165) is 0 Å². The summed E-state index contributed by atoms with van der Waals surface area (Å²) < 4.78 is 13.3. The number of nitrogen functional groups attached to an aromatic ring is 1. The van der Waals surface area contributed by atoms with Crippen molar-refractivity contribution in [2.45, 2.75) is 0 Å². The standard InChI is InChI=1S/C13H9Cl2FN2O2/c14-8-4-7(5-9(15)12(8)16)18-11-2-1-6(13(19)20)3-10(11)17/h1-5,18H,17H2,(H,19,20). The highest BCUT2D eigenvalue weighted by atomic mass is 35.5. The lowest BCUT2D eigenvalue weighted by atomic mass is 10.1. The molecule has 0 spiro atoms. The third-order valence-corrected chi connectivity index (χ3v) is 3.11. The SMILES string of the molecule is Nc1cc(C(=O)O)ccc1Nc1cc(Cl)c(F)c(Cl)c1. The lowest BCUT2D eigenvalue weighted by Crippen LogP contribution is -2.01. The minimum Gasteiger partial charge on any atom is -0.478 e. The van der Waals surface area contributed by atoms with E-state index in [4.69, 9.17) is 34.0 Å². The van der Waals surface area contributed by atoms with Crippen LogP contribution in [-0.2, 0) is 0 Å². The Morgan fingerprint density at radius 1 is 1.20 bits per heavy atom. The van der Waals surface area contributed by atoms with Gasteiger partial charge in [-0.25, -0.2) is 9.18 Å². The van der Waals surface area contributed by atoms with Crippen LogP contribution >= 0.6 is 23.2 Å². The van der Waals surface area contributed by atoms with Crippen LogP contribution in [0, 0.1) is 5.82 Å². The molecule has 104 valence electrons. The maximum atomic E-state index is 13.3. The first-order chi connectivity index (χ1) is 9.38. The van der Waals surface area contributed by atoms with Crippen LogP contribution in [0.25, 0.3) is 0 Å². The molecule has 0 aliphatic heterocycles. The quantitative estimate of drug-likeness (QED) is 0.587. The highest BCUT2D eigenvalue weighted by Gasteiger charge is 2.10. The van der Waals surface area contributed by atoms with Gasteiger partial charge in [-0.1, -0.05) is 23.2 Å². The van der Waals surface area contributed by atoms with Gasteiger partial charge in [0, 0.05) is 5.69 Å². The van der Waals surface area contributed by atoms with Gasteiger partial charge in [-0.05, 0) is 30.3 Å². The zero-order valence-electron chi connectivity index (χ0n) is 9.95. The normalized spacial score (nSPS) is 10.3. The van der Waals surface area contributed by atoms with Crippen LogP contribution in [0.15, 0.2) is 30.3 Å². The fourth-order valence-electron chi connectivity index (χ4n) is 1.59. The molecule has 0 aromatic heterocycles. The van der Waals surface area contributed by atoms with Gasteiger partial charge in [-0.3, -0.25) is 0 Å². The number of hydrogen-bond donors (Lipinski definition) is 3. The number of carboxylic acids is 1. The van der Waals surface area contributed by atoms with E-state index in [-0.39, 0.29) is 21.3 Å². The van der Waals surface area contributed by atoms with E-state index in [0.29, 0.717) is 11.4 Å². The van der Waals surface area contributed by atoms with E-state index < -0.39 is 11.8 Å². The molecule has 0 bridgehead atoms. The minimum atomic E-state index is -1.07. The Balaban J connectivity index is 2.33. The summed E-state index contributed by atoms with van der Waals surface area (Å²) >= 11 is 11.4. The summed E-state index contributed by atoms with van der Waals surface area (Å²) in [6, 6.07) is 6.93. The van der Waals surface area contributed by atoms with E-state index in [9.17, 15) is 9.18 Å². The molecular weight excluding hydrogens is 306 g/mol. The molecule has 2 aromatic rings. The number of nitrogens with two attached hydrogens (primary N) is 1. The van der Waals surface area contributed by atoms with E-state index >= 15 is 0 Å². The maximum Gasteiger partial charge on any atom is 0.335 e. The second-order valence-electron chi connectivity index (χ2n) is 3.99. The third kappa shape index (κ3) is 2.95. The molecule has 0 fully saturated rings. The van der Waals surface area contributed by atoms with Crippen molar-refractivity contribution in [1.82, 2.24) is 0 Å². The molecule has 2 aromatic carbocycles. The van der Waals surface area contributed by atoms with Gasteiger partial charge in [0.1, 0.15) is 0 Å². The van der Waals surface area contributed by atoms with E-state index in [1.165, 1.54) is 30.3 Å². The Morgan fingerprint density at radius 3 is 2.30 bits per heavy atom. The van der Waals surface area contributed by atoms with Gasteiger partial charge >= 0.3 is 5.97 Å². The van der Waals surface area contributed by atoms with Crippen molar-refractivity contribution in [1.29, 1.82) is 0 Å². The van der Waals surface area contributed by atoms with E-state index in [1.54, 1.807) is 0 Å². The Morgan fingerprint density at radius 2 is 1.80 bits per heavy atom. The molecular formula is C13H9Cl2FN2O2. The van der Waals surface area contributed by atoms with Crippen molar-refractivity contribution < 1.29 is 14.3 Å². The molecule has 20 heavy (non-hydrogen) atoms. The van der Waals surface area contributed by atoms with Crippen molar-refractivity contribution >= 4 is 46.2 Å². The van der Waals surface area contributed by atoms with Gasteiger partial charge < -0.3 is 16.2 Å². The number of halogens is 3. The van der Waals surface area contributed by atoms with Crippen LogP contribution in [0.3, 0.4) is 0 Å². The maximum absolute atomic E-state index is 13.3. The zero-order valence-corrected chi connectivity index (χ0v) is 11.5. The van der Waals surface area contributed by atoms with Crippen molar-refractivity contribution in [3.05, 3.63) is 51.8 Å². The number of hydrogen-bond acceptors (Lipinski definition) is 3. The molecule has 0 aliphatic rings. The first-order valence-corrected chi connectivity index (χ1v) is 6.18. The Hall–Kier alpha value is -1.98. The van der Waals surface area contributed by atoms with Gasteiger partial charge in [0.05, 0.1) is 27.0 Å². The van der Waals surface area contributed by atoms with Crippen molar-refractivity contribution in [3.8, 4) is 0 Å². The second kappa shape index (κ2) is 5.56. The molecule has 0 saturated heterocycles. The first kappa shape index (κ1) is 14.4. The van der Waals surface area contributed by atoms with Gasteiger partial charge in [0.25, 0.3) is 0 Å². The number of carboxylic acid groups (broad SMARTS) is 1. The summed E-state index contributed by atoms with van der Waals surface area (Å²) in [6.07, 6.45) is 0. The summed E-state index contributed by atoms with van der Waals surface area (Å²) in [6.45, 7) is 0. The summed E-state index contributed by atoms with van der Waals surface area (Å²) in [4.78, 5) is 10.8. The Kier molecular flexibility index (Phi) is 4.01. The van der Waals surface area contributed by atoms with Crippen LogP contribution in [0.4, 0.5) is 21.5 Å². The van der Waals surface area contributed by atoms with Gasteiger partial charge in [-0.15, -0.1) is 0 Å². The number of aromatic carboxylic acids is 1. The molecule has 0 atom stereocenters. The molecule has 7 heteroatoms. The van der Waals surface area contributed by atoms with E-state index in [2.05, 4.69) is 5.32 Å². The topological polar surface area (TPSA) is 75.4 Å². The van der Waals surface area contributed by atoms with Crippen LogP contribution in [0.1, 0.15) is 10.4 Å². The number of anilines is 3. The minimum absolute atomic E-state index is 0.0724. The molecule has 0 unspecified atom stereocenters. The number of benzene rings is 2. The van der Waals surface area contributed by atoms with Crippen molar-refractivity contribution in [2.75, 3.05) is 11.1 Å². The average Bonchev–Trinajstić information content (AvgIpc) is 2.38. The monoisotopic (exact) mass is 314 g/mol. The summed E-state index contributed by atoms with van der Waals surface area (Å²) in [5.41, 5.74) is 6.96. The summed E-state index contributed by atoms with van der Waals surface area (Å²) in [5, 5.41) is 11.5. The molecule has 0 radical (unpaired) electrons. The largest absolute Gasteiger partial charge is 0.478 e. The van der Waals surface area contributed by atoms with Crippen molar-refractivity contribution in [2.24, 2.45) is 0 Å². The third-order valence-electron chi connectivity index (χ3n) is 2.56. The van der Waals surface area contributed by atoms with Crippen LogP contribution < -0.4 is 11.1 Å². The highest BCUT2D eigenvalue weighted by molar-refractivity contribution is 6.35. The first-order valence-electron chi connectivity index (χ1n) is 5.43. The average molecular weight is 315 g/mol. The van der Waals surface area contributed by atoms with Gasteiger partial charge in [0.15, 0.2) is 5.82 Å². The Bertz CT molecular complexity index is 669. The number of rotatable bonds is 3. The summed E-state index contributed by atoms with van der Waals surface area (Å²) in [5.74, 6) is -1.77. The predicted molar refractivity (Wildman–Crippen MR) is 77.5 cm³/mol. The number of carbonyl (C=O) groups is 1. The van der Waals surface area contributed by atoms with Crippen LogP contribution in [0.2, 0.25) is 10.0 Å². The Labute approximate surface area is 123 Å². The lowest BCUT2D eigenvalue weighted by molar-refractivity contribution is 0.0697. The molecule has 0 aliphatic carbocycles. The molecule has 0 heterocycles. The highest BCUT2D eigenvalue weighted by Crippen LogP contribution is 2.31. The number of nitrogens with one attached hydrogen (secondary N) is 1. The molecule has 0 amide bonds. The fraction of sp³-hybridized carbons (Fsp3) is 0. The lowest BCUT2D eigenvalue weighted by Gasteiger charge is -2.11. The zero-order chi connectivity index (χ0) is 14.9. The van der Waals surface area contributed by atoms with Crippen LogP contribution in [0.5, 0.6) is 0 Å². The fourth-order valence-corrected chi connectivity index (χ4v) is 2.08. The predicted octanol–water partition coefficient (Wildman–Crippen LogP) is 4.16. The summed E-state index contributed by atoms with van der Waals surface area (Å²) in [7, 11) is 0. The van der Waals surface area contributed by atoms with Crippen molar-refractivity contribution in [3.63, 3.8) is 0 Å². The molecule has 4 nitrogen and oxygen atoms in total. The smallest absolute Gasteiger partial charge is 0.335 e. The van der Waals surface area contributed by atoms with Crippen LogP contribution in [-0.4, -0.2) is 11.1 Å². The molecule has 2 rings (SSSR count). The van der Waals surface area contributed by atoms with Gasteiger partial charge in [0.2, 0.25) is 0 Å². The second-order valence-corrected chi connectivity index (χ2v) is 4.80.